The molecule has 426 valence electrons. The Morgan fingerprint density at radius 2 is 0.568 bits per heavy atom. The second kappa shape index (κ2) is 20.0. The summed E-state index contributed by atoms with van der Waals surface area (Å²) in [6.45, 7) is 10.3. The van der Waals surface area contributed by atoms with Gasteiger partial charge in [0.05, 0.1) is 11.1 Å². The Morgan fingerprint density at radius 3 is 1.00 bits per heavy atom. The van der Waals surface area contributed by atoms with Gasteiger partial charge < -0.3 is 9.80 Å². The van der Waals surface area contributed by atoms with Gasteiger partial charge in [-0.3, -0.25) is 0 Å². The minimum atomic E-state index is -0.0758. The van der Waals surface area contributed by atoms with Gasteiger partial charge in [0.15, 0.2) is 0 Å². The Bertz CT molecular complexity index is 4600. The summed E-state index contributed by atoms with van der Waals surface area (Å²) in [6, 6.07) is 102. The summed E-state index contributed by atoms with van der Waals surface area (Å²) in [5, 5.41) is 10.2. The topological polar surface area (TPSA) is 6.48 Å². The molecule has 0 radical (unpaired) electrons. The average molecular weight is 1130 g/mol. The Hall–Kier alpha value is -9.50. The van der Waals surface area contributed by atoms with Crippen molar-refractivity contribution >= 4 is 65.8 Å². The van der Waals surface area contributed by atoms with Crippen molar-refractivity contribution in [3.63, 3.8) is 0 Å². The first-order valence-corrected chi connectivity index (χ1v) is 32.3. The van der Waals surface area contributed by atoms with E-state index in [1.165, 1.54) is 169 Å². The molecule has 17 rings (SSSR count). The van der Waals surface area contributed by atoms with E-state index >= 15 is 0 Å². The summed E-state index contributed by atoms with van der Waals surface area (Å²) in [4.78, 5) is 5.50. The fourth-order valence-electron chi connectivity index (χ4n) is 17.5. The van der Waals surface area contributed by atoms with E-state index in [1.54, 1.807) is 0 Å². The van der Waals surface area contributed by atoms with Gasteiger partial charge in [0.2, 0.25) is 0 Å². The van der Waals surface area contributed by atoms with Crippen molar-refractivity contribution in [2.75, 3.05) is 9.80 Å². The van der Waals surface area contributed by atoms with Crippen LogP contribution in [0.4, 0.5) is 22.7 Å². The molecule has 2 nitrogen and oxygen atoms in total. The van der Waals surface area contributed by atoms with Crippen LogP contribution >= 0.6 is 0 Å². The van der Waals surface area contributed by atoms with E-state index in [-0.39, 0.29) is 21.9 Å². The lowest BCUT2D eigenvalue weighted by molar-refractivity contribution is 0.195. The summed E-state index contributed by atoms with van der Waals surface area (Å²) >= 11 is 0. The monoisotopic (exact) mass is 1130 g/mol. The molecular weight excluding hydrogens is 1060 g/mol. The molecule has 0 saturated heterocycles. The number of rotatable bonds is 8. The van der Waals surface area contributed by atoms with Crippen molar-refractivity contribution in [1.82, 2.24) is 0 Å². The third kappa shape index (κ3) is 7.80. The molecule has 2 aliphatic carbocycles. The van der Waals surface area contributed by atoms with Crippen LogP contribution in [-0.4, -0.2) is 11.1 Å². The van der Waals surface area contributed by atoms with Gasteiger partial charge in [-0.05, 0) is 198 Å². The fraction of sp³-hybridized carbons (Fsp3) is 0.186. The van der Waals surface area contributed by atoms with Crippen molar-refractivity contribution in [2.24, 2.45) is 0 Å². The Morgan fingerprint density at radius 1 is 0.239 bits per heavy atom. The normalized spacial score (nSPS) is 21.2. The molecule has 2 heterocycles. The molecule has 0 spiro atoms. The molecule has 0 N–H and O–H groups in total. The van der Waals surface area contributed by atoms with Gasteiger partial charge in [-0.2, -0.15) is 0 Å². The van der Waals surface area contributed by atoms with Crippen LogP contribution in [-0.2, 0) is 10.8 Å². The van der Waals surface area contributed by atoms with E-state index in [4.69, 9.17) is 0 Å². The molecule has 2 fully saturated rings. The SMILES string of the molecule is CC12CCCCC1(C)N(c1cccc3ccccc13)c1ccc(-c3ccc4c(-c5ccc(-c6ccccc6)cc5)c5cc(-c6ccc7c(c6)C6(C)CCCCC6(C)N7c6cccc7ccccc67)ccc5c(-c5ccc(-c6ccccc6)cc5)c4c3)cc12. The van der Waals surface area contributed by atoms with Gasteiger partial charge in [-0.15, -0.1) is 0 Å². The predicted molar refractivity (Wildman–Crippen MR) is 375 cm³/mol. The quantitative estimate of drug-likeness (QED) is 0.140. The molecule has 4 unspecified atom stereocenters. The largest absolute Gasteiger partial charge is 0.334 e. The predicted octanol–water partition coefficient (Wildman–Crippen LogP) is 23.8. The van der Waals surface area contributed by atoms with E-state index in [1.807, 2.05) is 0 Å². The van der Waals surface area contributed by atoms with Crippen molar-refractivity contribution in [2.45, 2.75) is 101 Å². The molecule has 2 heteroatoms. The van der Waals surface area contributed by atoms with Gasteiger partial charge in [0, 0.05) is 44.4 Å². The number of benzene rings is 13. The Balaban J connectivity index is 0.880. The zero-order valence-corrected chi connectivity index (χ0v) is 51.0. The second-order valence-corrected chi connectivity index (χ2v) is 26.9. The standard InChI is InChI=1S/C86H72N2/c1-83-49-15-17-51-85(83,3)87(77-31-19-27-61-25-11-13-29-69(61)77)79-47-43-67(55-75(79)83)65-41-45-71-73(53-65)81(63-37-33-59(34-38-63)57-21-7-5-8-22-57)72-46-42-66(54-74(72)82(71)64-39-35-60(36-40-64)58-23-9-6-10-24-58)68-44-48-80-76(56-68)84(2)50-16-18-52-86(84,4)88(80)78-32-20-28-62-26-12-14-30-70(62)78/h5-14,19-48,53-56H,15-18,49-52H2,1-4H3. The maximum atomic E-state index is 2.75. The zero-order chi connectivity index (χ0) is 58.9. The molecular formula is C86H72N2. The molecule has 0 amide bonds. The van der Waals surface area contributed by atoms with Crippen molar-refractivity contribution < 1.29 is 0 Å². The molecule has 13 aromatic carbocycles. The molecule has 4 atom stereocenters. The highest BCUT2D eigenvalue weighted by molar-refractivity contribution is 6.23. The fourth-order valence-corrected chi connectivity index (χ4v) is 17.5. The maximum Gasteiger partial charge on any atom is 0.0518 e. The Kier molecular flexibility index (Phi) is 12.0. The van der Waals surface area contributed by atoms with Crippen LogP contribution in [0.2, 0.25) is 0 Å². The van der Waals surface area contributed by atoms with Crippen molar-refractivity contribution in [3.8, 4) is 66.8 Å². The van der Waals surface area contributed by atoms with Crippen LogP contribution in [0.15, 0.2) is 267 Å². The summed E-state index contributed by atoms with van der Waals surface area (Å²) < 4.78 is 0. The smallest absolute Gasteiger partial charge is 0.0518 e. The van der Waals surface area contributed by atoms with Gasteiger partial charge in [-0.25, -0.2) is 0 Å². The molecule has 2 saturated carbocycles. The van der Waals surface area contributed by atoms with E-state index < -0.39 is 0 Å². The lowest BCUT2D eigenvalue weighted by atomic mass is 9.61. The molecule has 2 aliphatic heterocycles. The molecule has 88 heavy (non-hydrogen) atoms. The first-order valence-electron chi connectivity index (χ1n) is 32.3. The summed E-state index contributed by atoms with van der Waals surface area (Å²) in [5.41, 5.74) is 22.9. The highest BCUT2D eigenvalue weighted by atomic mass is 15.3. The van der Waals surface area contributed by atoms with E-state index in [2.05, 4.69) is 304 Å². The first kappa shape index (κ1) is 52.8. The highest BCUT2D eigenvalue weighted by Crippen LogP contribution is 2.64. The highest BCUT2D eigenvalue weighted by Gasteiger charge is 2.59. The van der Waals surface area contributed by atoms with Gasteiger partial charge in [0.25, 0.3) is 0 Å². The van der Waals surface area contributed by atoms with E-state index in [0.29, 0.717) is 0 Å². The Labute approximate surface area is 518 Å². The summed E-state index contributed by atoms with van der Waals surface area (Å²) in [7, 11) is 0. The molecule has 0 bridgehead atoms. The third-order valence-corrected chi connectivity index (χ3v) is 22.6. The second-order valence-electron chi connectivity index (χ2n) is 26.9. The number of hydrogen-bond donors (Lipinski definition) is 0. The van der Waals surface area contributed by atoms with E-state index in [0.717, 1.165) is 25.7 Å². The minimum Gasteiger partial charge on any atom is -0.334 e. The van der Waals surface area contributed by atoms with Crippen LogP contribution < -0.4 is 9.80 Å². The van der Waals surface area contributed by atoms with Crippen LogP contribution in [0.3, 0.4) is 0 Å². The van der Waals surface area contributed by atoms with Crippen molar-refractivity contribution in [3.05, 3.63) is 278 Å². The number of anilines is 4. The number of hydrogen-bond acceptors (Lipinski definition) is 2. The van der Waals surface area contributed by atoms with Crippen LogP contribution in [0.5, 0.6) is 0 Å². The maximum absolute atomic E-state index is 2.75. The zero-order valence-electron chi connectivity index (χ0n) is 51.0. The molecule has 4 aliphatic rings. The van der Waals surface area contributed by atoms with Crippen LogP contribution in [0, 0.1) is 0 Å². The van der Waals surface area contributed by atoms with Gasteiger partial charge in [0.1, 0.15) is 0 Å². The number of nitrogens with zero attached hydrogens (tertiary/aromatic N) is 2. The molecule has 0 aromatic heterocycles. The first-order chi connectivity index (χ1) is 43.1. The minimum absolute atomic E-state index is 0.0359. The lowest BCUT2D eigenvalue weighted by Crippen LogP contribution is -2.54. The van der Waals surface area contributed by atoms with Crippen LogP contribution in [0.1, 0.15) is 90.2 Å². The number of fused-ring (bicyclic) bond motifs is 10. The van der Waals surface area contributed by atoms with E-state index in [9.17, 15) is 0 Å². The molecule has 13 aromatic rings. The van der Waals surface area contributed by atoms with Crippen molar-refractivity contribution in [1.29, 1.82) is 0 Å². The van der Waals surface area contributed by atoms with Crippen LogP contribution in [0.25, 0.3) is 110 Å². The lowest BCUT2D eigenvalue weighted by Gasteiger charge is -2.50. The average Bonchev–Trinajstić information content (AvgIpc) is 1.58. The third-order valence-electron chi connectivity index (χ3n) is 22.6. The summed E-state index contributed by atoms with van der Waals surface area (Å²) in [5.74, 6) is 0. The van der Waals surface area contributed by atoms with Gasteiger partial charge >= 0.3 is 0 Å². The summed E-state index contributed by atoms with van der Waals surface area (Å²) in [6.07, 6.45) is 9.57. The van der Waals surface area contributed by atoms with Gasteiger partial charge in [-0.1, -0.05) is 258 Å².